The number of ether oxygens (including phenoxy) is 1. The van der Waals surface area contributed by atoms with E-state index in [0.717, 1.165) is 54.2 Å². The van der Waals surface area contributed by atoms with Crippen molar-refractivity contribution in [3.05, 3.63) is 23.8 Å². The van der Waals surface area contributed by atoms with Gasteiger partial charge >= 0.3 is 0 Å². The highest BCUT2D eigenvalue weighted by atomic mass is 16.5. The van der Waals surface area contributed by atoms with Gasteiger partial charge in [-0.15, -0.1) is 0 Å². The van der Waals surface area contributed by atoms with Gasteiger partial charge in [0, 0.05) is 5.41 Å². The number of nitrogens with zero attached hydrogens (tertiary/aromatic N) is 1. The van der Waals surface area contributed by atoms with E-state index >= 15 is 0 Å². The zero-order valence-electron chi connectivity index (χ0n) is 15.2. The molecule has 6 rings (SSSR count). The first-order valence-corrected chi connectivity index (χ1v) is 10.4. The highest BCUT2D eigenvalue weighted by molar-refractivity contribution is 5.96. The molecule has 8 atom stereocenters. The maximum absolute atomic E-state index is 9.15. The van der Waals surface area contributed by atoms with E-state index in [9.17, 15) is 0 Å². The molecule has 3 nitrogen and oxygen atoms in total. The summed E-state index contributed by atoms with van der Waals surface area (Å²) in [5.41, 5.74) is 2.92. The van der Waals surface area contributed by atoms with Gasteiger partial charge in [0.1, 0.15) is 0 Å². The van der Waals surface area contributed by atoms with E-state index in [2.05, 4.69) is 30.3 Å². The van der Waals surface area contributed by atoms with Crippen LogP contribution >= 0.6 is 0 Å². The van der Waals surface area contributed by atoms with Gasteiger partial charge in [0.2, 0.25) is 0 Å². The first-order valence-electron chi connectivity index (χ1n) is 10.4. The molecule has 0 bridgehead atoms. The Morgan fingerprint density at radius 3 is 2.88 bits per heavy atom. The van der Waals surface area contributed by atoms with Gasteiger partial charge < -0.3 is 9.94 Å². The molecule has 1 aliphatic heterocycles. The molecule has 6 aliphatic rings. The van der Waals surface area contributed by atoms with Crippen molar-refractivity contribution in [2.45, 2.75) is 57.5 Å². The number of hydrogen-bond acceptors (Lipinski definition) is 3. The number of allylic oxidation sites excluding steroid dienone is 2. The van der Waals surface area contributed by atoms with Crippen molar-refractivity contribution in [1.82, 2.24) is 0 Å². The smallest absolute Gasteiger partial charge is 0.0954 e. The van der Waals surface area contributed by atoms with Crippen LogP contribution in [0.15, 0.2) is 29.0 Å². The van der Waals surface area contributed by atoms with E-state index in [-0.39, 0.29) is 5.60 Å². The minimum atomic E-state index is 0.0761. The van der Waals surface area contributed by atoms with Crippen molar-refractivity contribution in [2.75, 3.05) is 6.61 Å². The molecular formula is C22H29NO2. The summed E-state index contributed by atoms with van der Waals surface area (Å²) in [5.74, 6) is 5.09. The Hall–Kier alpha value is -1.09. The Kier molecular flexibility index (Phi) is 2.88. The SMILES string of the molecule is C[C@]12CC[C@H]3[C@@H](CCC4=C/C(=N/O)CC[C@@H]43)[C@@H]1[C@@H]1C[C@@H]1[C@@]21C=CCO1. The zero-order valence-corrected chi connectivity index (χ0v) is 15.2. The second-order valence-electron chi connectivity index (χ2n) is 9.82. The standard InChI is InChI=1S/C22H29NO2/c1-21-9-7-16-15-6-4-14(23-24)11-13(15)3-5-17(16)20(21)18-12-19(18)22(21)8-2-10-25-22/h2,8,11,15-20,24H,3-7,9-10,12H2,1H3/b23-14+/t15-,16+,17+,18+,19-,20+,21-,22-/m0/s1. The van der Waals surface area contributed by atoms with Gasteiger partial charge in [-0.3, -0.25) is 0 Å². The van der Waals surface area contributed by atoms with Gasteiger partial charge in [0.05, 0.1) is 17.9 Å². The summed E-state index contributed by atoms with van der Waals surface area (Å²) in [6, 6.07) is 0. The maximum Gasteiger partial charge on any atom is 0.0954 e. The lowest BCUT2D eigenvalue weighted by molar-refractivity contribution is -0.130. The van der Waals surface area contributed by atoms with E-state index in [0.29, 0.717) is 5.41 Å². The maximum atomic E-state index is 9.15. The molecule has 1 heterocycles. The van der Waals surface area contributed by atoms with Crippen LogP contribution in [0.2, 0.25) is 0 Å². The molecule has 0 saturated heterocycles. The fourth-order valence-corrected chi connectivity index (χ4v) is 8.34. The minimum absolute atomic E-state index is 0.0761. The monoisotopic (exact) mass is 339 g/mol. The molecule has 0 aromatic heterocycles. The lowest BCUT2D eigenvalue weighted by Gasteiger charge is -2.57. The molecule has 25 heavy (non-hydrogen) atoms. The average molecular weight is 339 g/mol. The molecular weight excluding hydrogens is 310 g/mol. The summed E-state index contributed by atoms with van der Waals surface area (Å²) in [5, 5.41) is 12.6. The third-order valence-corrected chi connectivity index (χ3v) is 9.22. The molecule has 0 amide bonds. The Balaban J connectivity index is 1.36. The van der Waals surface area contributed by atoms with Crippen molar-refractivity contribution in [3.63, 3.8) is 0 Å². The van der Waals surface area contributed by atoms with Crippen molar-refractivity contribution in [3.8, 4) is 0 Å². The lowest BCUT2D eigenvalue weighted by Crippen LogP contribution is -2.54. The first kappa shape index (κ1) is 15.0. The van der Waals surface area contributed by atoms with Gasteiger partial charge in [-0.1, -0.05) is 29.8 Å². The van der Waals surface area contributed by atoms with E-state index in [1.807, 2.05) is 0 Å². The van der Waals surface area contributed by atoms with Crippen LogP contribution in [-0.4, -0.2) is 23.1 Å². The third kappa shape index (κ3) is 1.69. The van der Waals surface area contributed by atoms with E-state index in [4.69, 9.17) is 9.94 Å². The predicted octanol–water partition coefficient (Wildman–Crippen LogP) is 4.57. The molecule has 0 radical (unpaired) electrons. The fraction of sp³-hybridized carbons (Fsp3) is 0.773. The molecule has 134 valence electrons. The van der Waals surface area contributed by atoms with E-state index in [1.54, 1.807) is 5.57 Å². The van der Waals surface area contributed by atoms with Crippen LogP contribution in [0.3, 0.4) is 0 Å². The molecule has 1 spiro atoms. The van der Waals surface area contributed by atoms with E-state index < -0.39 is 0 Å². The summed E-state index contributed by atoms with van der Waals surface area (Å²) < 4.78 is 6.48. The molecule has 5 aliphatic carbocycles. The quantitative estimate of drug-likeness (QED) is 0.399. The average Bonchev–Trinajstić information content (AvgIpc) is 3.20. The van der Waals surface area contributed by atoms with E-state index in [1.165, 1.54) is 38.5 Å². The Labute approximate surface area is 150 Å². The Morgan fingerprint density at radius 2 is 2.08 bits per heavy atom. The highest BCUT2D eigenvalue weighted by Gasteiger charge is 2.76. The second-order valence-corrected chi connectivity index (χ2v) is 9.82. The summed E-state index contributed by atoms with van der Waals surface area (Å²) in [4.78, 5) is 0. The van der Waals surface area contributed by atoms with Crippen LogP contribution in [0.5, 0.6) is 0 Å². The minimum Gasteiger partial charge on any atom is -0.411 e. The van der Waals surface area contributed by atoms with Gasteiger partial charge in [0.15, 0.2) is 0 Å². The predicted molar refractivity (Wildman–Crippen MR) is 96.5 cm³/mol. The summed E-state index contributed by atoms with van der Waals surface area (Å²) in [7, 11) is 0. The lowest BCUT2D eigenvalue weighted by atomic mass is 9.49. The largest absolute Gasteiger partial charge is 0.411 e. The van der Waals surface area contributed by atoms with Gasteiger partial charge in [-0.2, -0.15) is 0 Å². The van der Waals surface area contributed by atoms with Crippen molar-refractivity contribution < 1.29 is 9.94 Å². The highest BCUT2D eigenvalue weighted by Crippen LogP contribution is 2.77. The van der Waals surface area contributed by atoms with Crippen LogP contribution in [0, 0.1) is 40.9 Å². The number of hydrogen-bond donors (Lipinski definition) is 1. The van der Waals surface area contributed by atoms with Crippen molar-refractivity contribution >= 4 is 5.71 Å². The van der Waals surface area contributed by atoms with Gasteiger partial charge in [-0.05, 0) is 86.5 Å². The topological polar surface area (TPSA) is 41.8 Å². The summed E-state index contributed by atoms with van der Waals surface area (Å²) in [6.07, 6.45) is 15.8. The fourth-order valence-electron chi connectivity index (χ4n) is 8.34. The van der Waals surface area contributed by atoms with Crippen LogP contribution in [-0.2, 0) is 4.74 Å². The van der Waals surface area contributed by atoms with Crippen LogP contribution < -0.4 is 0 Å². The Morgan fingerprint density at radius 1 is 1.16 bits per heavy atom. The molecule has 0 aromatic carbocycles. The molecule has 4 saturated carbocycles. The number of fused-ring (bicyclic) bond motifs is 9. The molecule has 0 unspecified atom stereocenters. The third-order valence-electron chi connectivity index (χ3n) is 9.22. The number of oxime groups is 1. The molecule has 3 heteroatoms. The van der Waals surface area contributed by atoms with Gasteiger partial charge in [-0.25, -0.2) is 0 Å². The van der Waals surface area contributed by atoms with Crippen LogP contribution in [0.4, 0.5) is 0 Å². The van der Waals surface area contributed by atoms with Crippen LogP contribution in [0.25, 0.3) is 0 Å². The molecule has 0 aromatic rings. The van der Waals surface area contributed by atoms with Crippen molar-refractivity contribution in [1.29, 1.82) is 0 Å². The summed E-state index contributed by atoms with van der Waals surface area (Å²) in [6.45, 7) is 3.40. The number of rotatable bonds is 0. The van der Waals surface area contributed by atoms with Crippen molar-refractivity contribution in [2.24, 2.45) is 46.1 Å². The molecule has 1 N–H and O–H groups in total. The first-order chi connectivity index (χ1) is 12.2. The second kappa shape index (κ2) is 4.79. The Bertz CT molecular complexity index is 709. The van der Waals surface area contributed by atoms with Crippen LogP contribution in [0.1, 0.15) is 51.9 Å². The summed E-state index contributed by atoms with van der Waals surface area (Å²) >= 11 is 0. The molecule has 4 fully saturated rings. The van der Waals surface area contributed by atoms with Gasteiger partial charge in [0.25, 0.3) is 0 Å². The normalized spacial score (nSPS) is 57.0. The zero-order chi connectivity index (χ0) is 16.8.